The molecule has 0 atom stereocenters. The van der Waals surface area contributed by atoms with Crippen molar-refractivity contribution in [1.82, 2.24) is 0 Å². The largest absolute Gasteiger partial charge is 0.398 e. The molecular formula is C17H19ClN2O. The van der Waals surface area contributed by atoms with E-state index in [4.69, 9.17) is 17.3 Å². The van der Waals surface area contributed by atoms with Gasteiger partial charge in [0.25, 0.3) is 5.91 Å². The molecule has 110 valence electrons. The molecule has 0 aliphatic rings. The molecular weight excluding hydrogens is 284 g/mol. The number of hydrogen-bond acceptors (Lipinski definition) is 2. The Hall–Kier alpha value is -2.00. The first-order valence-electron chi connectivity index (χ1n) is 6.75. The molecule has 1 amide bonds. The molecule has 0 bridgehead atoms. The van der Waals surface area contributed by atoms with Gasteiger partial charge in [-0.15, -0.1) is 0 Å². The van der Waals surface area contributed by atoms with Crippen LogP contribution in [0.1, 0.15) is 36.7 Å². The van der Waals surface area contributed by atoms with E-state index in [1.807, 2.05) is 24.3 Å². The highest BCUT2D eigenvalue weighted by Crippen LogP contribution is 2.25. The second-order valence-electron chi connectivity index (χ2n) is 5.99. The normalized spacial score (nSPS) is 11.2. The third-order valence-electron chi connectivity index (χ3n) is 3.28. The van der Waals surface area contributed by atoms with E-state index in [2.05, 4.69) is 26.1 Å². The molecule has 0 aliphatic heterocycles. The van der Waals surface area contributed by atoms with Crippen LogP contribution in [0.4, 0.5) is 11.4 Å². The standard InChI is InChI=1S/C17H19ClN2O/c1-17(2,3)11-7-9-12(10-8-11)20-16(21)15-13(18)5-4-6-14(15)19/h4-10H,19H2,1-3H3,(H,20,21). The third kappa shape index (κ3) is 3.56. The summed E-state index contributed by atoms with van der Waals surface area (Å²) in [7, 11) is 0. The van der Waals surface area contributed by atoms with Crippen molar-refractivity contribution < 1.29 is 4.79 Å². The van der Waals surface area contributed by atoms with Crippen molar-refractivity contribution in [3.05, 3.63) is 58.6 Å². The van der Waals surface area contributed by atoms with E-state index in [1.54, 1.807) is 18.2 Å². The summed E-state index contributed by atoms with van der Waals surface area (Å²) in [4.78, 5) is 12.3. The summed E-state index contributed by atoms with van der Waals surface area (Å²) in [5, 5.41) is 3.16. The maximum atomic E-state index is 12.3. The lowest BCUT2D eigenvalue weighted by Crippen LogP contribution is -2.15. The lowest BCUT2D eigenvalue weighted by atomic mass is 9.87. The van der Waals surface area contributed by atoms with Gasteiger partial charge >= 0.3 is 0 Å². The minimum Gasteiger partial charge on any atom is -0.398 e. The fourth-order valence-electron chi connectivity index (χ4n) is 2.03. The van der Waals surface area contributed by atoms with Gasteiger partial charge < -0.3 is 11.1 Å². The van der Waals surface area contributed by atoms with E-state index in [1.165, 1.54) is 5.56 Å². The van der Waals surface area contributed by atoms with Gasteiger partial charge in [0.15, 0.2) is 0 Å². The van der Waals surface area contributed by atoms with E-state index in [9.17, 15) is 4.79 Å². The van der Waals surface area contributed by atoms with Crippen LogP contribution in [0, 0.1) is 0 Å². The van der Waals surface area contributed by atoms with Crippen LogP contribution in [0.25, 0.3) is 0 Å². The Morgan fingerprint density at radius 1 is 1.10 bits per heavy atom. The summed E-state index contributed by atoms with van der Waals surface area (Å²) in [5.41, 5.74) is 8.48. The van der Waals surface area contributed by atoms with Crippen molar-refractivity contribution in [2.24, 2.45) is 0 Å². The number of nitrogens with two attached hydrogens (primary N) is 1. The van der Waals surface area contributed by atoms with Crippen LogP contribution in [-0.4, -0.2) is 5.91 Å². The summed E-state index contributed by atoms with van der Waals surface area (Å²) in [6.45, 7) is 6.43. The molecule has 2 aromatic carbocycles. The molecule has 0 heterocycles. The Kier molecular flexibility index (Phi) is 4.24. The number of carbonyl (C=O) groups excluding carboxylic acids is 1. The Balaban J connectivity index is 2.21. The monoisotopic (exact) mass is 302 g/mol. The van der Waals surface area contributed by atoms with E-state index in [-0.39, 0.29) is 11.3 Å². The van der Waals surface area contributed by atoms with Gasteiger partial charge in [-0.2, -0.15) is 0 Å². The SMILES string of the molecule is CC(C)(C)c1ccc(NC(=O)c2c(N)cccc2Cl)cc1. The van der Waals surface area contributed by atoms with E-state index in [0.717, 1.165) is 0 Å². The predicted octanol–water partition coefficient (Wildman–Crippen LogP) is 4.47. The van der Waals surface area contributed by atoms with Gasteiger partial charge in [0.2, 0.25) is 0 Å². The first kappa shape index (κ1) is 15.4. The smallest absolute Gasteiger partial charge is 0.259 e. The highest BCUT2D eigenvalue weighted by Gasteiger charge is 2.15. The molecule has 0 unspecified atom stereocenters. The number of halogens is 1. The summed E-state index contributed by atoms with van der Waals surface area (Å²) in [6.07, 6.45) is 0. The predicted molar refractivity (Wildman–Crippen MR) is 89.0 cm³/mol. The molecule has 0 radical (unpaired) electrons. The highest BCUT2D eigenvalue weighted by atomic mass is 35.5. The molecule has 2 aromatic rings. The Labute approximate surface area is 130 Å². The molecule has 3 N–H and O–H groups in total. The topological polar surface area (TPSA) is 55.1 Å². The van der Waals surface area contributed by atoms with Crippen LogP contribution in [0.15, 0.2) is 42.5 Å². The van der Waals surface area contributed by atoms with Crippen LogP contribution in [0.2, 0.25) is 5.02 Å². The average Bonchev–Trinajstić information content (AvgIpc) is 2.38. The maximum Gasteiger partial charge on any atom is 0.259 e. The lowest BCUT2D eigenvalue weighted by Gasteiger charge is -2.19. The van der Waals surface area contributed by atoms with Crippen LogP contribution in [-0.2, 0) is 5.41 Å². The molecule has 0 fully saturated rings. The van der Waals surface area contributed by atoms with Gasteiger partial charge in [0.05, 0.1) is 10.6 Å². The Morgan fingerprint density at radius 2 is 1.71 bits per heavy atom. The maximum absolute atomic E-state index is 12.3. The summed E-state index contributed by atoms with van der Waals surface area (Å²) < 4.78 is 0. The zero-order valence-electron chi connectivity index (χ0n) is 12.4. The second kappa shape index (κ2) is 5.78. The molecule has 2 rings (SSSR count). The Bertz CT molecular complexity index is 637. The van der Waals surface area contributed by atoms with Gasteiger partial charge in [0, 0.05) is 11.4 Å². The zero-order valence-corrected chi connectivity index (χ0v) is 13.2. The van der Waals surface area contributed by atoms with Crippen molar-refractivity contribution in [2.75, 3.05) is 11.1 Å². The molecule has 0 aromatic heterocycles. The van der Waals surface area contributed by atoms with Crippen molar-refractivity contribution >= 4 is 28.9 Å². The number of rotatable bonds is 2. The van der Waals surface area contributed by atoms with Crippen LogP contribution in [0.5, 0.6) is 0 Å². The van der Waals surface area contributed by atoms with Gasteiger partial charge in [0.1, 0.15) is 0 Å². The molecule has 21 heavy (non-hydrogen) atoms. The molecule has 4 heteroatoms. The van der Waals surface area contributed by atoms with E-state index < -0.39 is 0 Å². The number of benzene rings is 2. The van der Waals surface area contributed by atoms with Gasteiger partial charge in [-0.05, 0) is 35.2 Å². The third-order valence-corrected chi connectivity index (χ3v) is 3.60. The molecule has 0 saturated carbocycles. The van der Waals surface area contributed by atoms with Gasteiger partial charge in [-0.25, -0.2) is 0 Å². The van der Waals surface area contributed by atoms with E-state index in [0.29, 0.717) is 22.0 Å². The Morgan fingerprint density at radius 3 is 2.24 bits per heavy atom. The number of amides is 1. The van der Waals surface area contributed by atoms with Crippen molar-refractivity contribution in [3.63, 3.8) is 0 Å². The van der Waals surface area contributed by atoms with Gasteiger partial charge in [-0.3, -0.25) is 4.79 Å². The first-order valence-corrected chi connectivity index (χ1v) is 7.13. The number of carbonyl (C=O) groups is 1. The molecule has 0 saturated heterocycles. The number of nitrogen functional groups attached to an aromatic ring is 1. The van der Waals surface area contributed by atoms with Crippen LogP contribution < -0.4 is 11.1 Å². The fraction of sp³-hybridized carbons (Fsp3) is 0.235. The minimum atomic E-state index is -0.304. The number of anilines is 2. The summed E-state index contributed by atoms with van der Waals surface area (Å²) in [5.74, 6) is -0.304. The first-order chi connectivity index (χ1) is 9.79. The number of hydrogen-bond donors (Lipinski definition) is 2. The van der Waals surface area contributed by atoms with Crippen molar-refractivity contribution in [3.8, 4) is 0 Å². The lowest BCUT2D eigenvalue weighted by molar-refractivity contribution is 0.102. The van der Waals surface area contributed by atoms with Crippen molar-refractivity contribution in [2.45, 2.75) is 26.2 Å². The zero-order chi connectivity index (χ0) is 15.6. The second-order valence-corrected chi connectivity index (χ2v) is 6.39. The summed E-state index contributed by atoms with van der Waals surface area (Å²) >= 11 is 6.03. The molecule has 0 spiro atoms. The highest BCUT2D eigenvalue weighted by molar-refractivity contribution is 6.35. The fourth-order valence-corrected chi connectivity index (χ4v) is 2.30. The summed E-state index contributed by atoms with van der Waals surface area (Å²) in [6, 6.07) is 12.8. The van der Waals surface area contributed by atoms with Gasteiger partial charge in [-0.1, -0.05) is 50.6 Å². The minimum absolute atomic E-state index is 0.0791. The van der Waals surface area contributed by atoms with Crippen LogP contribution >= 0.6 is 11.6 Å². The molecule has 0 aliphatic carbocycles. The van der Waals surface area contributed by atoms with Crippen molar-refractivity contribution in [1.29, 1.82) is 0 Å². The molecule has 3 nitrogen and oxygen atoms in total. The number of nitrogens with one attached hydrogen (secondary N) is 1. The quantitative estimate of drug-likeness (QED) is 0.804. The average molecular weight is 303 g/mol. The van der Waals surface area contributed by atoms with Crippen LogP contribution in [0.3, 0.4) is 0 Å². The van der Waals surface area contributed by atoms with E-state index >= 15 is 0 Å².